The van der Waals surface area contributed by atoms with E-state index in [1.54, 1.807) is 24.3 Å². The summed E-state index contributed by atoms with van der Waals surface area (Å²) in [6, 6.07) is 20.7. The first-order chi connectivity index (χ1) is 21.7. The second kappa shape index (κ2) is 18.1. The highest BCUT2D eigenvalue weighted by atomic mass is 19.3. The third-order valence-electron chi connectivity index (χ3n) is 6.70. The second-order valence-electron chi connectivity index (χ2n) is 9.93. The topological polar surface area (TPSA) is 112 Å². The molecule has 3 rings (SSSR count). The lowest BCUT2D eigenvalue weighted by Gasteiger charge is -2.14. The molecule has 0 radical (unpaired) electrons. The summed E-state index contributed by atoms with van der Waals surface area (Å²) in [7, 11) is 0. The third-order valence-corrected chi connectivity index (χ3v) is 6.70. The van der Waals surface area contributed by atoms with Crippen molar-refractivity contribution in [3.63, 3.8) is 0 Å². The highest BCUT2D eigenvalue weighted by molar-refractivity contribution is 5.88. The summed E-state index contributed by atoms with van der Waals surface area (Å²) in [4.78, 5) is 23.2. The van der Waals surface area contributed by atoms with Crippen molar-refractivity contribution in [2.75, 3.05) is 26.8 Å². The maximum Gasteiger partial charge on any atom is 0.338 e. The number of carbonyl (C=O) groups excluding carboxylic acids is 2. The van der Waals surface area contributed by atoms with Gasteiger partial charge in [-0.05, 0) is 83.8 Å². The van der Waals surface area contributed by atoms with Gasteiger partial charge in [0.25, 0.3) is 6.08 Å². The molecule has 2 N–H and O–H groups in total. The number of aliphatic hydroxyl groups is 2. The molecule has 0 aliphatic carbocycles. The molecule has 10 heteroatoms. The van der Waals surface area contributed by atoms with Crippen LogP contribution in [-0.2, 0) is 25.5 Å². The summed E-state index contributed by atoms with van der Waals surface area (Å²) in [5.41, 5.74) is 4.82. The molecule has 0 saturated heterocycles. The number of aryl methyl sites for hydroxylation is 1. The molecule has 0 unspecified atom stereocenters. The molecule has 3 aromatic carbocycles. The summed E-state index contributed by atoms with van der Waals surface area (Å²) < 4.78 is 45.5. The van der Waals surface area contributed by atoms with Gasteiger partial charge in [0.1, 0.15) is 11.5 Å². The van der Waals surface area contributed by atoms with Gasteiger partial charge in [0.15, 0.2) is 0 Å². The molecule has 0 atom stereocenters. The first-order valence-corrected chi connectivity index (χ1v) is 14.2. The van der Waals surface area contributed by atoms with Gasteiger partial charge in [-0.1, -0.05) is 62.0 Å². The standard InChI is InChI=1S/C35H36F2O8/c1-24(20-38)34(40)44-22-42-30-14-9-26(10-15-30)28-13-18-32(29(19-28)7-5-3-4-6-8-33(36)37)27-11-16-31(17-12-27)43-23-45-35(41)25(2)21-39/h8-19,38-39H,1-7,20-23H2. The Bertz CT molecular complexity index is 1480. The Labute approximate surface area is 260 Å². The van der Waals surface area contributed by atoms with Gasteiger partial charge in [-0.3, -0.25) is 0 Å². The van der Waals surface area contributed by atoms with Gasteiger partial charge in [-0.2, -0.15) is 8.78 Å². The fourth-order valence-electron chi connectivity index (χ4n) is 4.22. The van der Waals surface area contributed by atoms with Crippen molar-refractivity contribution in [1.82, 2.24) is 0 Å². The molecule has 0 heterocycles. The van der Waals surface area contributed by atoms with Crippen LogP contribution in [0.3, 0.4) is 0 Å². The molecular weight excluding hydrogens is 586 g/mol. The first kappa shape index (κ1) is 34.7. The fourth-order valence-corrected chi connectivity index (χ4v) is 4.22. The summed E-state index contributed by atoms with van der Waals surface area (Å²) in [6.45, 7) is 5.17. The van der Waals surface area contributed by atoms with Gasteiger partial charge in [-0.25, -0.2) is 9.59 Å². The number of unbranched alkanes of at least 4 members (excludes halogenated alkanes) is 3. The SMILES string of the molecule is C=C(CO)C(=O)OCOc1ccc(-c2ccc(-c3ccc(OCOC(=O)C(=C)CO)cc3)c(CCCCCC=C(F)F)c2)cc1. The minimum Gasteiger partial charge on any atom is -0.457 e. The number of allylic oxidation sites excluding steroid dienone is 1. The molecule has 0 bridgehead atoms. The molecule has 0 aliphatic heterocycles. The van der Waals surface area contributed by atoms with Crippen LogP contribution in [0, 0.1) is 0 Å². The van der Waals surface area contributed by atoms with Gasteiger partial charge in [0.05, 0.1) is 24.4 Å². The van der Waals surface area contributed by atoms with E-state index in [1.807, 2.05) is 36.4 Å². The summed E-state index contributed by atoms with van der Waals surface area (Å²) in [6.07, 6.45) is 2.64. The van der Waals surface area contributed by atoms with E-state index in [-0.39, 0.29) is 24.7 Å². The number of benzene rings is 3. The molecule has 3 aromatic rings. The predicted molar refractivity (Wildman–Crippen MR) is 165 cm³/mol. The van der Waals surface area contributed by atoms with Gasteiger partial charge in [-0.15, -0.1) is 0 Å². The molecule has 45 heavy (non-hydrogen) atoms. The lowest BCUT2D eigenvalue weighted by atomic mass is 9.92. The predicted octanol–water partition coefficient (Wildman–Crippen LogP) is 6.76. The van der Waals surface area contributed by atoms with Crippen LogP contribution in [0.4, 0.5) is 8.78 Å². The Kier molecular flexibility index (Phi) is 14.0. The van der Waals surface area contributed by atoms with E-state index in [1.165, 1.54) is 0 Å². The van der Waals surface area contributed by atoms with Gasteiger partial charge < -0.3 is 29.2 Å². The van der Waals surface area contributed by atoms with Crippen LogP contribution < -0.4 is 9.47 Å². The Morgan fingerprint density at radius 1 is 0.689 bits per heavy atom. The number of ether oxygens (including phenoxy) is 4. The van der Waals surface area contributed by atoms with E-state index in [9.17, 15) is 18.4 Å². The van der Waals surface area contributed by atoms with E-state index >= 15 is 0 Å². The number of aliphatic hydroxyl groups excluding tert-OH is 2. The normalized spacial score (nSPS) is 10.5. The minimum absolute atomic E-state index is 0.0625. The van der Waals surface area contributed by atoms with Crippen LogP contribution in [0.5, 0.6) is 11.5 Å². The molecule has 0 amide bonds. The Hall–Kier alpha value is -4.80. The number of halogens is 2. The highest BCUT2D eigenvalue weighted by Gasteiger charge is 2.11. The summed E-state index contributed by atoms with van der Waals surface area (Å²) >= 11 is 0. The number of hydrogen-bond acceptors (Lipinski definition) is 8. The van der Waals surface area contributed by atoms with Crippen LogP contribution in [-0.4, -0.2) is 49.0 Å². The lowest BCUT2D eigenvalue weighted by molar-refractivity contribution is -0.146. The van der Waals surface area contributed by atoms with Gasteiger partial charge in [0.2, 0.25) is 13.6 Å². The van der Waals surface area contributed by atoms with Crippen LogP contribution in [0.2, 0.25) is 0 Å². The van der Waals surface area contributed by atoms with Crippen molar-refractivity contribution in [3.8, 4) is 33.8 Å². The van der Waals surface area contributed by atoms with Crippen molar-refractivity contribution in [1.29, 1.82) is 0 Å². The Morgan fingerprint density at radius 3 is 1.71 bits per heavy atom. The number of esters is 2. The molecule has 0 saturated carbocycles. The minimum atomic E-state index is -1.66. The van der Waals surface area contributed by atoms with Gasteiger partial charge in [0, 0.05) is 0 Å². The number of hydrogen-bond donors (Lipinski definition) is 2. The van der Waals surface area contributed by atoms with Crippen molar-refractivity contribution < 1.29 is 47.5 Å². The summed E-state index contributed by atoms with van der Waals surface area (Å²) in [5.74, 6) is -0.491. The highest BCUT2D eigenvalue weighted by Crippen LogP contribution is 2.32. The molecule has 0 fully saturated rings. The molecule has 0 spiro atoms. The molecule has 8 nitrogen and oxygen atoms in total. The third kappa shape index (κ3) is 11.3. The zero-order chi connectivity index (χ0) is 32.6. The molecule has 0 aromatic heterocycles. The maximum absolute atomic E-state index is 12.4. The second-order valence-corrected chi connectivity index (χ2v) is 9.93. The zero-order valence-corrected chi connectivity index (χ0v) is 24.8. The average Bonchev–Trinajstić information content (AvgIpc) is 3.05. The largest absolute Gasteiger partial charge is 0.457 e. The smallest absolute Gasteiger partial charge is 0.338 e. The molecule has 238 valence electrons. The van der Waals surface area contributed by atoms with E-state index in [0.29, 0.717) is 24.3 Å². The molecule has 0 aliphatic rings. The van der Waals surface area contributed by atoms with Crippen molar-refractivity contribution in [3.05, 3.63) is 109 Å². The first-order valence-electron chi connectivity index (χ1n) is 14.2. The zero-order valence-electron chi connectivity index (χ0n) is 24.8. The number of carbonyl (C=O) groups is 2. The monoisotopic (exact) mass is 622 g/mol. The maximum atomic E-state index is 12.4. The van der Waals surface area contributed by atoms with Crippen LogP contribution >= 0.6 is 0 Å². The van der Waals surface area contributed by atoms with E-state index < -0.39 is 31.2 Å². The van der Waals surface area contributed by atoms with Crippen LogP contribution in [0.15, 0.2) is 103 Å². The van der Waals surface area contributed by atoms with E-state index in [2.05, 4.69) is 19.2 Å². The van der Waals surface area contributed by atoms with Crippen LogP contribution in [0.1, 0.15) is 31.2 Å². The number of rotatable bonds is 18. The van der Waals surface area contributed by atoms with Crippen molar-refractivity contribution in [2.45, 2.75) is 32.1 Å². The Balaban J connectivity index is 1.72. The van der Waals surface area contributed by atoms with Gasteiger partial charge >= 0.3 is 11.9 Å². The van der Waals surface area contributed by atoms with Crippen LogP contribution in [0.25, 0.3) is 22.3 Å². The van der Waals surface area contributed by atoms with Crippen molar-refractivity contribution in [2.24, 2.45) is 0 Å². The Morgan fingerprint density at radius 2 is 1.20 bits per heavy atom. The van der Waals surface area contributed by atoms with Crippen molar-refractivity contribution >= 4 is 11.9 Å². The quantitative estimate of drug-likeness (QED) is 0.0693. The summed E-state index contributed by atoms with van der Waals surface area (Å²) in [5, 5.41) is 17.9. The fraction of sp³-hybridized carbons (Fsp3) is 0.257. The molecular formula is C35H36F2O8. The van der Waals surface area contributed by atoms with E-state index in [0.717, 1.165) is 53.2 Å². The average molecular weight is 623 g/mol. The lowest BCUT2D eigenvalue weighted by Crippen LogP contribution is -2.13. The van der Waals surface area contributed by atoms with E-state index in [4.69, 9.17) is 29.2 Å².